The second kappa shape index (κ2) is 8.83. The van der Waals surface area contributed by atoms with Crippen molar-refractivity contribution in [3.8, 4) is 0 Å². The Morgan fingerprint density at radius 1 is 1.28 bits per heavy atom. The predicted molar refractivity (Wildman–Crippen MR) is 117 cm³/mol. The van der Waals surface area contributed by atoms with E-state index in [9.17, 15) is 19.5 Å². The molecule has 8 nitrogen and oxygen atoms in total. The molecule has 2 amide bonds. The maximum absolute atomic E-state index is 13.7. The number of fused-ring (bicyclic) bond motifs is 1. The lowest BCUT2D eigenvalue weighted by molar-refractivity contribution is -0.154. The van der Waals surface area contributed by atoms with Crippen molar-refractivity contribution in [3.05, 3.63) is 29.3 Å². The van der Waals surface area contributed by atoms with E-state index in [0.29, 0.717) is 32.2 Å². The lowest BCUT2D eigenvalue weighted by atomic mass is 9.70. The van der Waals surface area contributed by atoms with Crippen molar-refractivity contribution in [1.29, 1.82) is 0 Å². The van der Waals surface area contributed by atoms with Gasteiger partial charge < -0.3 is 24.8 Å². The number of ether oxygens (including phenoxy) is 2. The standard InChI is InChI=1S/C24H32N2O6/c1-4-31-23(30)17-16-10-11-24(32-16)18(17)22(29)26(12-5-6-13-27)20(24)21(28)25-19-14(2)8-7-9-15(19)3/h7-9,16-18,20,27H,4-6,10-13H2,1-3H3,(H,25,28)/t16-,17+,18-,20?,24?/m0/s1. The Bertz CT molecular complexity index is 898. The van der Waals surface area contributed by atoms with Crippen LogP contribution in [0.3, 0.4) is 0 Å². The Morgan fingerprint density at radius 2 is 2.00 bits per heavy atom. The number of aliphatic hydroxyl groups excluding tert-OH is 1. The second-order valence-electron chi connectivity index (χ2n) is 9.03. The lowest BCUT2D eigenvalue weighted by Crippen LogP contribution is -2.53. The summed E-state index contributed by atoms with van der Waals surface area (Å²) in [6, 6.07) is 4.96. The van der Waals surface area contributed by atoms with Crippen molar-refractivity contribution in [2.24, 2.45) is 11.8 Å². The van der Waals surface area contributed by atoms with Crippen LogP contribution in [0.1, 0.15) is 43.7 Å². The van der Waals surface area contributed by atoms with Crippen LogP contribution in [0.2, 0.25) is 0 Å². The first kappa shape index (κ1) is 22.7. The molecule has 3 aliphatic rings. The van der Waals surface area contributed by atoms with Crippen LogP contribution in [0, 0.1) is 25.7 Å². The molecule has 3 fully saturated rings. The minimum absolute atomic E-state index is 0.0138. The maximum Gasteiger partial charge on any atom is 0.312 e. The number of hydrogen-bond donors (Lipinski definition) is 2. The highest BCUT2D eigenvalue weighted by Crippen LogP contribution is 2.58. The number of esters is 1. The quantitative estimate of drug-likeness (QED) is 0.469. The van der Waals surface area contributed by atoms with Crippen molar-refractivity contribution in [3.63, 3.8) is 0 Å². The summed E-state index contributed by atoms with van der Waals surface area (Å²) in [5.74, 6) is -2.36. The zero-order valence-corrected chi connectivity index (χ0v) is 18.9. The largest absolute Gasteiger partial charge is 0.466 e. The molecule has 0 saturated carbocycles. The normalized spacial score (nSPS) is 30.5. The molecule has 32 heavy (non-hydrogen) atoms. The number of aryl methyl sites for hydroxylation is 2. The molecule has 1 spiro atoms. The molecule has 174 valence electrons. The van der Waals surface area contributed by atoms with Crippen LogP contribution >= 0.6 is 0 Å². The average molecular weight is 445 g/mol. The van der Waals surface area contributed by atoms with Gasteiger partial charge >= 0.3 is 5.97 Å². The highest BCUT2D eigenvalue weighted by molar-refractivity contribution is 6.03. The molecule has 8 heteroatoms. The average Bonchev–Trinajstić information content (AvgIpc) is 3.39. The number of amides is 2. The number of nitrogens with one attached hydrogen (secondary N) is 1. The zero-order chi connectivity index (χ0) is 23.0. The summed E-state index contributed by atoms with van der Waals surface area (Å²) in [6.07, 6.45) is 1.84. The molecule has 0 radical (unpaired) electrons. The van der Waals surface area contributed by atoms with E-state index in [1.807, 2.05) is 32.0 Å². The van der Waals surface area contributed by atoms with Crippen molar-refractivity contribution in [2.75, 3.05) is 25.1 Å². The first-order chi connectivity index (χ1) is 15.4. The first-order valence-electron chi connectivity index (χ1n) is 11.5. The number of likely N-dealkylation sites (tertiary alicyclic amines) is 1. The fourth-order valence-electron chi connectivity index (χ4n) is 5.80. The van der Waals surface area contributed by atoms with Gasteiger partial charge in [0.15, 0.2) is 0 Å². The highest BCUT2D eigenvalue weighted by atomic mass is 16.6. The summed E-state index contributed by atoms with van der Waals surface area (Å²) in [5, 5.41) is 12.2. The summed E-state index contributed by atoms with van der Waals surface area (Å²) in [4.78, 5) is 41.6. The van der Waals surface area contributed by atoms with Gasteiger partial charge in [-0.1, -0.05) is 18.2 Å². The third-order valence-electron chi connectivity index (χ3n) is 7.14. The number of carbonyl (C=O) groups is 3. The Kier molecular flexibility index (Phi) is 6.27. The fraction of sp³-hybridized carbons (Fsp3) is 0.625. The molecule has 3 heterocycles. The summed E-state index contributed by atoms with van der Waals surface area (Å²) in [5.41, 5.74) is 1.57. The van der Waals surface area contributed by atoms with Crippen molar-refractivity contribution in [2.45, 2.75) is 64.2 Å². The first-order valence-corrected chi connectivity index (χ1v) is 11.5. The summed E-state index contributed by atoms with van der Waals surface area (Å²) >= 11 is 0. The van der Waals surface area contributed by atoms with Crippen LogP contribution in [0.4, 0.5) is 5.69 Å². The van der Waals surface area contributed by atoms with Gasteiger partial charge in [-0.25, -0.2) is 0 Å². The smallest absolute Gasteiger partial charge is 0.312 e. The van der Waals surface area contributed by atoms with Crippen LogP contribution in [-0.4, -0.2) is 65.3 Å². The van der Waals surface area contributed by atoms with Crippen molar-refractivity contribution >= 4 is 23.5 Å². The van der Waals surface area contributed by atoms with Gasteiger partial charge in [-0.15, -0.1) is 0 Å². The van der Waals surface area contributed by atoms with Gasteiger partial charge in [-0.05, 0) is 57.6 Å². The molecule has 2 unspecified atom stereocenters. The monoisotopic (exact) mass is 444 g/mol. The highest BCUT2D eigenvalue weighted by Gasteiger charge is 2.74. The molecule has 1 aromatic rings. The van der Waals surface area contributed by atoms with E-state index in [2.05, 4.69) is 5.32 Å². The summed E-state index contributed by atoms with van der Waals surface area (Å²) in [6.45, 7) is 6.16. The van der Waals surface area contributed by atoms with E-state index in [0.717, 1.165) is 16.8 Å². The van der Waals surface area contributed by atoms with E-state index >= 15 is 0 Å². The number of carbonyl (C=O) groups excluding carboxylic acids is 3. The molecule has 0 aromatic heterocycles. The van der Waals surface area contributed by atoms with Gasteiger partial charge in [0, 0.05) is 18.8 Å². The van der Waals surface area contributed by atoms with Crippen LogP contribution in [-0.2, 0) is 23.9 Å². The topological polar surface area (TPSA) is 105 Å². The van der Waals surface area contributed by atoms with Gasteiger partial charge in [0.25, 0.3) is 0 Å². The van der Waals surface area contributed by atoms with E-state index in [-0.39, 0.29) is 25.0 Å². The number of hydrogen-bond acceptors (Lipinski definition) is 6. The molecule has 2 N–H and O–H groups in total. The van der Waals surface area contributed by atoms with Gasteiger partial charge in [-0.2, -0.15) is 0 Å². The number of rotatable bonds is 8. The predicted octanol–water partition coefficient (Wildman–Crippen LogP) is 1.95. The molecule has 2 bridgehead atoms. The Balaban J connectivity index is 1.69. The van der Waals surface area contributed by atoms with Crippen molar-refractivity contribution in [1.82, 2.24) is 4.90 Å². The Labute approximate surface area is 188 Å². The lowest BCUT2D eigenvalue weighted by Gasteiger charge is -2.33. The molecule has 0 aliphatic carbocycles. The van der Waals surface area contributed by atoms with Gasteiger partial charge in [0.05, 0.1) is 24.5 Å². The second-order valence-corrected chi connectivity index (χ2v) is 9.03. The van der Waals surface area contributed by atoms with E-state index in [4.69, 9.17) is 9.47 Å². The van der Waals surface area contributed by atoms with Gasteiger partial charge in [-0.3, -0.25) is 14.4 Å². The SMILES string of the molecule is CCOC(=O)[C@@H]1[C@@H]2CCC3(O2)C(C(=O)Nc2c(C)cccc2C)N(CCCCO)C(=O)[C@H]13. The van der Waals surface area contributed by atoms with E-state index < -0.39 is 35.6 Å². The molecule has 3 aliphatic heterocycles. The number of benzene rings is 1. The number of aliphatic hydroxyl groups is 1. The summed E-state index contributed by atoms with van der Waals surface area (Å²) in [7, 11) is 0. The van der Waals surface area contributed by atoms with Crippen LogP contribution in [0.5, 0.6) is 0 Å². The van der Waals surface area contributed by atoms with Crippen LogP contribution in [0.15, 0.2) is 18.2 Å². The van der Waals surface area contributed by atoms with Crippen molar-refractivity contribution < 1.29 is 29.0 Å². The minimum Gasteiger partial charge on any atom is -0.466 e. The minimum atomic E-state index is -1.03. The van der Waals surface area contributed by atoms with Crippen LogP contribution in [0.25, 0.3) is 0 Å². The Morgan fingerprint density at radius 3 is 2.66 bits per heavy atom. The van der Waals surface area contributed by atoms with Gasteiger partial charge in [0.1, 0.15) is 11.6 Å². The molecule has 1 aromatic carbocycles. The third kappa shape index (κ3) is 3.49. The number of para-hydroxylation sites is 1. The molecule has 4 rings (SSSR count). The summed E-state index contributed by atoms with van der Waals surface area (Å²) < 4.78 is 11.6. The number of unbranched alkanes of at least 4 members (excludes halogenated alkanes) is 1. The van der Waals surface area contributed by atoms with E-state index in [1.165, 1.54) is 0 Å². The molecule has 5 atom stereocenters. The molecular formula is C24H32N2O6. The maximum atomic E-state index is 13.7. The number of nitrogens with zero attached hydrogens (tertiary/aromatic N) is 1. The molecule has 3 saturated heterocycles. The molecular weight excluding hydrogens is 412 g/mol. The fourth-order valence-corrected chi connectivity index (χ4v) is 5.80. The zero-order valence-electron chi connectivity index (χ0n) is 18.9. The number of anilines is 1. The van der Waals surface area contributed by atoms with Gasteiger partial charge in [0.2, 0.25) is 11.8 Å². The Hall–Kier alpha value is -2.45. The third-order valence-corrected chi connectivity index (χ3v) is 7.14. The van der Waals surface area contributed by atoms with Crippen LogP contribution < -0.4 is 5.32 Å². The van der Waals surface area contributed by atoms with E-state index in [1.54, 1.807) is 11.8 Å².